The molecule has 0 aliphatic rings. The average molecular weight is 363 g/mol. The van der Waals surface area contributed by atoms with Gasteiger partial charge in [0.25, 0.3) is 0 Å². The van der Waals surface area contributed by atoms with Crippen LogP contribution in [-0.4, -0.2) is 22.2 Å². The molecule has 2 N–H and O–H groups in total. The van der Waals surface area contributed by atoms with Crippen molar-refractivity contribution in [2.45, 2.75) is 19.2 Å². The molecule has 2 rings (SSSR count). The quantitative estimate of drug-likeness (QED) is 0.796. The van der Waals surface area contributed by atoms with Crippen molar-refractivity contribution in [1.29, 1.82) is 0 Å². The Morgan fingerprint density at radius 2 is 1.59 bits per heavy atom. The highest BCUT2D eigenvalue weighted by atomic mass is 79.9. The molecule has 0 aromatic heterocycles. The van der Waals surface area contributed by atoms with Crippen LogP contribution in [-0.2, 0) is 5.33 Å². The van der Waals surface area contributed by atoms with E-state index in [-0.39, 0.29) is 11.1 Å². The molecule has 0 saturated carbocycles. The van der Waals surface area contributed by atoms with E-state index in [2.05, 4.69) is 15.9 Å². The van der Waals surface area contributed by atoms with Gasteiger partial charge in [0.1, 0.15) is 0 Å². The number of rotatable bonds is 4. The molecule has 22 heavy (non-hydrogen) atoms. The summed E-state index contributed by atoms with van der Waals surface area (Å²) in [5, 5.41) is 18.8. The van der Waals surface area contributed by atoms with Crippen molar-refractivity contribution in [1.82, 2.24) is 0 Å². The van der Waals surface area contributed by atoms with Crippen LogP contribution in [0.5, 0.6) is 0 Å². The molecular formula is C17H15BrO4. The molecule has 4 nitrogen and oxygen atoms in total. The highest BCUT2D eigenvalue weighted by Gasteiger charge is 2.15. The van der Waals surface area contributed by atoms with Gasteiger partial charge in [-0.2, -0.15) is 0 Å². The molecule has 0 amide bonds. The number of alkyl halides is 1. The molecule has 5 heteroatoms. The Bertz CT molecular complexity index is 765. The summed E-state index contributed by atoms with van der Waals surface area (Å²) in [6, 6.07) is 8.31. The summed E-state index contributed by atoms with van der Waals surface area (Å²) in [4.78, 5) is 22.3. The van der Waals surface area contributed by atoms with E-state index in [1.807, 2.05) is 6.92 Å². The predicted molar refractivity (Wildman–Crippen MR) is 87.9 cm³/mol. The van der Waals surface area contributed by atoms with Gasteiger partial charge in [0.05, 0.1) is 11.1 Å². The summed E-state index contributed by atoms with van der Waals surface area (Å²) < 4.78 is 0. The first-order chi connectivity index (χ1) is 10.4. The fraction of sp³-hybridized carbons (Fsp3) is 0.176. The van der Waals surface area contributed by atoms with E-state index in [0.717, 1.165) is 22.3 Å². The van der Waals surface area contributed by atoms with Gasteiger partial charge >= 0.3 is 11.9 Å². The van der Waals surface area contributed by atoms with Gasteiger partial charge < -0.3 is 10.2 Å². The largest absolute Gasteiger partial charge is 0.478 e. The topological polar surface area (TPSA) is 74.6 Å². The fourth-order valence-corrected chi connectivity index (χ4v) is 2.91. The number of hydrogen-bond acceptors (Lipinski definition) is 2. The second-order valence-electron chi connectivity index (χ2n) is 5.03. The van der Waals surface area contributed by atoms with Gasteiger partial charge in [0, 0.05) is 5.33 Å². The van der Waals surface area contributed by atoms with E-state index >= 15 is 0 Å². The Kier molecular flexibility index (Phi) is 4.66. The third-order valence-corrected chi connectivity index (χ3v) is 4.41. The Labute approximate surface area is 136 Å². The summed E-state index contributed by atoms with van der Waals surface area (Å²) in [6.07, 6.45) is 0. The molecule has 114 valence electrons. The molecule has 0 aliphatic heterocycles. The van der Waals surface area contributed by atoms with Gasteiger partial charge in [-0.1, -0.05) is 28.1 Å². The first kappa shape index (κ1) is 16.2. The van der Waals surface area contributed by atoms with Gasteiger partial charge in [-0.15, -0.1) is 0 Å². The number of halogens is 1. The van der Waals surface area contributed by atoms with Gasteiger partial charge in [-0.3, -0.25) is 0 Å². The van der Waals surface area contributed by atoms with E-state index in [0.29, 0.717) is 10.9 Å². The van der Waals surface area contributed by atoms with E-state index in [4.69, 9.17) is 5.11 Å². The zero-order valence-corrected chi connectivity index (χ0v) is 13.8. The van der Waals surface area contributed by atoms with E-state index in [9.17, 15) is 14.7 Å². The van der Waals surface area contributed by atoms with Crippen molar-refractivity contribution in [3.8, 4) is 11.1 Å². The standard InChI is InChI=1S/C17H15BrO4/c1-9-10(2)14(17(21)22)6-5-13(9)15-4-3-11(16(19)20)7-12(15)8-18/h3-7H,8H2,1-2H3,(H,19,20)(H,21,22). The lowest BCUT2D eigenvalue weighted by atomic mass is 9.91. The number of carboxylic acid groups (broad SMARTS) is 2. The van der Waals surface area contributed by atoms with Gasteiger partial charge in [0.15, 0.2) is 0 Å². The number of carboxylic acids is 2. The van der Waals surface area contributed by atoms with E-state index in [1.165, 1.54) is 0 Å². The monoisotopic (exact) mass is 362 g/mol. The highest BCUT2D eigenvalue weighted by molar-refractivity contribution is 9.08. The van der Waals surface area contributed by atoms with Crippen LogP contribution in [0.2, 0.25) is 0 Å². The Hall–Kier alpha value is -2.14. The normalized spacial score (nSPS) is 10.5. The smallest absolute Gasteiger partial charge is 0.335 e. The van der Waals surface area contributed by atoms with Crippen LogP contribution in [0.3, 0.4) is 0 Å². The van der Waals surface area contributed by atoms with Gasteiger partial charge in [-0.05, 0) is 59.9 Å². The number of carbonyl (C=O) groups is 2. The third-order valence-electron chi connectivity index (χ3n) is 3.80. The molecule has 2 aromatic carbocycles. The lowest BCUT2D eigenvalue weighted by molar-refractivity contribution is 0.0685. The molecular weight excluding hydrogens is 348 g/mol. The summed E-state index contributed by atoms with van der Waals surface area (Å²) in [7, 11) is 0. The minimum atomic E-state index is -0.970. The summed E-state index contributed by atoms with van der Waals surface area (Å²) in [5.74, 6) is -1.92. The van der Waals surface area contributed by atoms with Gasteiger partial charge in [0.2, 0.25) is 0 Å². The average Bonchev–Trinajstić information content (AvgIpc) is 2.49. The van der Waals surface area contributed by atoms with Crippen molar-refractivity contribution < 1.29 is 19.8 Å². The van der Waals surface area contributed by atoms with E-state index in [1.54, 1.807) is 37.3 Å². The lowest BCUT2D eigenvalue weighted by Crippen LogP contribution is -2.03. The number of aromatic carboxylic acids is 2. The maximum atomic E-state index is 11.2. The van der Waals surface area contributed by atoms with E-state index < -0.39 is 11.9 Å². The summed E-state index contributed by atoms with van der Waals surface area (Å²) in [6.45, 7) is 3.65. The molecule has 0 radical (unpaired) electrons. The van der Waals surface area contributed by atoms with Crippen LogP contribution in [0.25, 0.3) is 11.1 Å². The maximum absolute atomic E-state index is 11.2. The second-order valence-corrected chi connectivity index (χ2v) is 5.59. The molecule has 0 heterocycles. The maximum Gasteiger partial charge on any atom is 0.335 e. The summed E-state index contributed by atoms with van der Waals surface area (Å²) >= 11 is 3.38. The van der Waals surface area contributed by atoms with Crippen LogP contribution in [0.4, 0.5) is 0 Å². The van der Waals surface area contributed by atoms with Crippen molar-refractivity contribution in [3.05, 3.63) is 58.1 Å². The first-order valence-corrected chi connectivity index (χ1v) is 7.75. The Balaban J connectivity index is 2.64. The summed E-state index contributed by atoms with van der Waals surface area (Å²) in [5.41, 5.74) is 4.77. The van der Waals surface area contributed by atoms with Crippen LogP contribution in [0.15, 0.2) is 30.3 Å². The fourth-order valence-electron chi connectivity index (χ4n) is 2.44. The van der Waals surface area contributed by atoms with Crippen molar-refractivity contribution in [2.75, 3.05) is 0 Å². The van der Waals surface area contributed by atoms with Crippen LogP contribution in [0, 0.1) is 13.8 Å². The predicted octanol–water partition coefficient (Wildman–Crippen LogP) is 4.26. The van der Waals surface area contributed by atoms with Crippen LogP contribution in [0.1, 0.15) is 37.4 Å². The number of hydrogen-bond donors (Lipinski definition) is 2. The molecule has 0 fully saturated rings. The molecule has 0 bridgehead atoms. The van der Waals surface area contributed by atoms with Crippen molar-refractivity contribution in [3.63, 3.8) is 0 Å². The highest BCUT2D eigenvalue weighted by Crippen LogP contribution is 2.32. The first-order valence-electron chi connectivity index (χ1n) is 6.62. The second kappa shape index (κ2) is 6.32. The number of benzene rings is 2. The third kappa shape index (κ3) is 2.90. The minimum Gasteiger partial charge on any atom is -0.478 e. The Morgan fingerprint density at radius 3 is 2.14 bits per heavy atom. The zero-order valence-electron chi connectivity index (χ0n) is 12.2. The van der Waals surface area contributed by atoms with Crippen molar-refractivity contribution >= 4 is 27.9 Å². The zero-order chi connectivity index (χ0) is 16.4. The van der Waals surface area contributed by atoms with Crippen LogP contribution < -0.4 is 0 Å². The molecule has 0 spiro atoms. The molecule has 0 unspecified atom stereocenters. The molecule has 2 aromatic rings. The lowest BCUT2D eigenvalue weighted by Gasteiger charge is -2.15. The minimum absolute atomic E-state index is 0.231. The molecule has 0 aliphatic carbocycles. The molecule has 0 saturated heterocycles. The Morgan fingerprint density at radius 1 is 0.955 bits per heavy atom. The SMILES string of the molecule is Cc1c(C(=O)O)ccc(-c2ccc(C(=O)O)cc2CBr)c1C. The molecule has 0 atom stereocenters. The van der Waals surface area contributed by atoms with Crippen molar-refractivity contribution in [2.24, 2.45) is 0 Å². The van der Waals surface area contributed by atoms with Gasteiger partial charge in [-0.25, -0.2) is 9.59 Å². The van der Waals surface area contributed by atoms with Crippen LogP contribution >= 0.6 is 15.9 Å².